The van der Waals surface area contributed by atoms with E-state index in [0.717, 1.165) is 6.54 Å². The number of nitrogens with zero attached hydrogens (tertiary/aromatic N) is 1. The van der Waals surface area contributed by atoms with E-state index in [1.807, 2.05) is 0 Å². The van der Waals surface area contributed by atoms with E-state index in [4.69, 9.17) is 0 Å². The Morgan fingerprint density at radius 2 is 1.95 bits per heavy atom. The van der Waals surface area contributed by atoms with Crippen LogP contribution < -0.4 is 0 Å². The molecule has 0 amide bonds. The lowest BCUT2D eigenvalue weighted by molar-refractivity contribution is 0.250. The molecule has 0 aliphatic carbocycles. The van der Waals surface area contributed by atoms with Crippen LogP contribution >= 0.6 is 0 Å². The smallest absolute Gasteiger partial charge is 0.0487 e. The summed E-state index contributed by atoms with van der Waals surface area (Å²) in [6.07, 6.45) is 4.77. The molecular formula is C20H22N2. The van der Waals surface area contributed by atoms with E-state index < -0.39 is 0 Å². The lowest BCUT2D eigenvalue weighted by Crippen LogP contribution is -2.22. The molecule has 1 atom stereocenters. The van der Waals surface area contributed by atoms with Gasteiger partial charge in [-0.2, -0.15) is 0 Å². The Bertz CT molecular complexity index is 773. The molecule has 0 radical (unpaired) electrons. The summed E-state index contributed by atoms with van der Waals surface area (Å²) in [5.41, 5.74) is 5.50. The SMILES string of the molecule is Cc1cccc2c([C@H]3CCCN3Cc3ccccc3)c[nH]c12. The first-order valence-corrected chi connectivity index (χ1v) is 8.17. The van der Waals surface area contributed by atoms with E-state index >= 15 is 0 Å². The largest absolute Gasteiger partial charge is 0.361 e. The Kier molecular flexibility index (Phi) is 3.47. The van der Waals surface area contributed by atoms with Crippen LogP contribution in [0.2, 0.25) is 0 Å². The van der Waals surface area contributed by atoms with Crippen molar-refractivity contribution in [2.45, 2.75) is 32.4 Å². The van der Waals surface area contributed by atoms with Crippen molar-refractivity contribution in [3.05, 3.63) is 71.4 Å². The van der Waals surface area contributed by atoms with Gasteiger partial charge in [-0.1, -0.05) is 48.5 Å². The van der Waals surface area contributed by atoms with Gasteiger partial charge in [0.1, 0.15) is 0 Å². The van der Waals surface area contributed by atoms with E-state index in [9.17, 15) is 0 Å². The monoisotopic (exact) mass is 290 g/mol. The van der Waals surface area contributed by atoms with E-state index in [0.29, 0.717) is 6.04 Å². The number of para-hydroxylation sites is 1. The van der Waals surface area contributed by atoms with Crippen LogP contribution in [-0.2, 0) is 6.54 Å². The minimum atomic E-state index is 0.538. The molecule has 0 saturated carbocycles. The number of likely N-dealkylation sites (tertiary alicyclic amines) is 1. The first kappa shape index (κ1) is 13.6. The van der Waals surface area contributed by atoms with Crippen molar-refractivity contribution < 1.29 is 0 Å². The van der Waals surface area contributed by atoms with Gasteiger partial charge >= 0.3 is 0 Å². The average molecular weight is 290 g/mol. The number of hydrogen-bond acceptors (Lipinski definition) is 1. The highest BCUT2D eigenvalue weighted by atomic mass is 15.2. The van der Waals surface area contributed by atoms with Gasteiger partial charge in [-0.25, -0.2) is 0 Å². The van der Waals surface area contributed by atoms with E-state index in [-0.39, 0.29) is 0 Å². The molecule has 1 saturated heterocycles. The second-order valence-electron chi connectivity index (χ2n) is 6.36. The molecule has 1 N–H and O–H groups in total. The number of hydrogen-bond donors (Lipinski definition) is 1. The van der Waals surface area contributed by atoms with Crippen molar-refractivity contribution in [3.8, 4) is 0 Å². The first-order valence-electron chi connectivity index (χ1n) is 8.17. The highest BCUT2D eigenvalue weighted by molar-refractivity contribution is 5.86. The molecule has 0 bridgehead atoms. The molecule has 2 heterocycles. The summed E-state index contributed by atoms with van der Waals surface area (Å²) in [7, 11) is 0. The van der Waals surface area contributed by atoms with E-state index in [2.05, 4.69) is 71.5 Å². The molecule has 2 nitrogen and oxygen atoms in total. The summed E-state index contributed by atoms with van der Waals surface area (Å²) in [6, 6.07) is 18.0. The Hall–Kier alpha value is -2.06. The highest BCUT2D eigenvalue weighted by Gasteiger charge is 2.27. The Labute approximate surface area is 131 Å². The lowest BCUT2D eigenvalue weighted by Gasteiger charge is -2.24. The van der Waals surface area contributed by atoms with Crippen LogP contribution in [0.15, 0.2) is 54.7 Å². The summed E-state index contributed by atoms with van der Waals surface area (Å²) in [5.74, 6) is 0. The average Bonchev–Trinajstić information content (AvgIpc) is 3.15. The molecule has 1 aliphatic rings. The number of H-pyrrole nitrogens is 1. The standard InChI is InChI=1S/C20H22N2/c1-15-7-5-10-17-18(13-21-20(15)17)19-11-6-12-22(19)14-16-8-3-2-4-9-16/h2-5,7-10,13,19,21H,6,11-12,14H2,1H3/t19-/m1/s1. The fourth-order valence-corrected chi connectivity index (χ4v) is 3.79. The van der Waals surface area contributed by atoms with Gasteiger partial charge in [0.2, 0.25) is 0 Å². The van der Waals surface area contributed by atoms with Crippen molar-refractivity contribution in [3.63, 3.8) is 0 Å². The van der Waals surface area contributed by atoms with Crippen LogP contribution in [0.3, 0.4) is 0 Å². The van der Waals surface area contributed by atoms with Gasteiger partial charge in [-0.3, -0.25) is 4.90 Å². The highest BCUT2D eigenvalue weighted by Crippen LogP contribution is 2.37. The molecular weight excluding hydrogens is 268 g/mol. The third-order valence-corrected chi connectivity index (χ3v) is 4.91. The normalized spacial score (nSPS) is 19.0. The zero-order valence-corrected chi connectivity index (χ0v) is 13.0. The summed E-state index contributed by atoms with van der Waals surface area (Å²) in [4.78, 5) is 6.12. The summed E-state index contributed by atoms with van der Waals surface area (Å²) < 4.78 is 0. The van der Waals surface area contributed by atoms with Gasteiger partial charge in [0.05, 0.1) is 0 Å². The summed E-state index contributed by atoms with van der Waals surface area (Å²) >= 11 is 0. The molecule has 22 heavy (non-hydrogen) atoms. The molecule has 1 aliphatic heterocycles. The number of fused-ring (bicyclic) bond motifs is 1. The molecule has 0 unspecified atom stereocenters. The Balaban J connectivity index is 1.66. The van der Waals surface area contributed by atoms with Crippen LogP contribution in [0.5, 0.6) is 0 Å². The van der Waals surface area contributed by atoms with Crippen LogP contribution in [0.25, 0.3) is 10.9 Å². The van der Waals surface area contributed by atoms with E-state index in [1.165, 1.54) is 47.0 Å². The van der Waals surface area contributed by atoms with E-state index in [1.54, 1.807) is 0 Å². The molecule has 2 heteroatoms. The molecule has 4 rings (SSSR count). The quantitative estimate of drug-likeness (QED) is 0.733. The minimum Gasteiger partial charge on any atom is -0.361 e. The number of aromatic amines is 1. The van der Waals surface area contributed by atoms with Crippen LogP contribution in [-0.4, -0.2) is 16.4 Å². The predicted molar refractivity (Wildman–Crippen MR) is 91.9 cm³/mol. The molecule has 1 fully saturated rings. The van der Waals surface area contributed by atoms with Crippen LogP contribution in [0.1, 0.15) is 35.6 Å². The molecule has 112 valence electrons. The number of rotatable bonds is 3. The summed E-state index contributed by atoms with van der Waals surface area (Å²) in [6.45, 7) is 4.42. The maximum absolute atomic E-state index is 3.49. The molecule has 3 aromatic rings. The van der Waals surface area contributed by atoms with Crippen molar-refractivity contribution in [2.24, 2.45) is 0 Å². The third kappa shape index (κ3) is 2.34. The van der Waals surface area contributed by atoms with Gasteiger partial charge < -0.3 is 4.98 Å². The zero-order valence-electron chi connectivity index (χ0n) is 13.0. The third-order valence-electron chi connectivity index (χ3n) is 4.91. The maximum atomic E-state index is 3.49. The van der Waals surface area contributed by atoms with Crippen LogP contribution in [0.4, 0.5) is 0 Å². The second kappa shape index (κ2) is 5.62. The number of benzene rings is 2. The van der Waals surface area contributed by atoms with Gasteiger partial charge in [-0.15, -0.1) is 0 Å². The predicted octanol–water partition coefficient (Wildman–Crippen LogP) is 4.81. The molecule has 1 aromatic heterocycles. The van der Waals surface area contributed by atoms with Crippen molar-refractivity contribution in [2.75, 3.05) is 6.54 Å². The number of aryl methyl sites for hydroxylation is 1. The van der Waals surface area contributed by atoms with Crippen LogP contribution in [0, 0.1) is 6.92 Å². The van der Waals surface area contributed by atoms with Gasteiger partial charge in [0.25, 0.3) is 0 Å². The Morgan fingerprint density at radius 3 is 2.82 bits per heavy atom. The number of aromatic nitrogens is 1. The van der Waals surface area contributed by atoms with Gasteiger partial charge in [-0.05, 0) is 43.0 Å². The maximum Gasteiger partial charge on any atom is 0.0487 e. The van der Waals surface area contributed by atoms with Crippen molar-refractivity contribution in [1.82, 2.24) is 9.88 Å². The minimum absolute atomic E-state index is 0.538. The number of nitrogens with one attached hydrogen (secondary N) is 1. The first-order chi connectivity index (χ1) is 10.8. The van der Waals surface area contributed by atoms with Crippen molar-refractivity contribution in [1.29, 1.82) is 0 Å². The van der Waals surface area contributed by atoms with Gasteiger partial charge in [0, 0.05) is 29.7 Å². The fraction of sp³-hybridized carbons (Fsp3) is 0.300. The topological polar surface area (TPSA) is 19.0 Å². The fourth-order valence-electron chi connectivity index (χ4n) is 3.79. The lowest BCUT2D eigenvalue weighted by atomic mass is 10.0. The van der Waals surface area contributed by atoms with Gasteiger partial charge in [0.15, 0.2) is 0 Å². The molecule has 2 aromatic carbocycles. The summed E-state index contributed by atoms with van der Waals surface area (Å²) in [5, 5.41) is 1.39. The molecule has 0 spiro atoms. The Morgan fingerprint density at radius 1 is 1.09 bits per heavy atom. The zero-order chi connectivity index (χ0) is 14.9. The second-order valence-corrected chi connectivity index (χ2v) is 6.36. The van der Waals surface area contributed by atoms with Crippen molar-refractivity contribution >= 4 is 10.9 Å².